The molecule has 0 spiro atoms. The number of halogens is 1. The third-order valence-electron chi connectivity index (χ3n) is 5.89. The van der Waals surface area contributed by atoms with Crippen LogP contribution in [0.3, 0.4) is 0 Å². The molecule has 3 heterocycles. The van der Waals surface area contributed by atoms with Gasteiger partial charge in [-0.1, -0.05) is 35.9 Å². The van der Waals surface area contributed by atoms with E-state index in [2.05, 4.69) is 4.98 Å². The van der Waals surface area contributed by atoms with Crippen molar-refractivity contribution in [3.05, 3.63) is 94.0 Å². The molecule has 1 N–H and O–H groups in total. The van der Waals surface area contributed by atoms with Crippen molar-refractivity contribution in [2.24, 2.45) is 0 Å². The van der Waals surface area contributed by atoms with E-state index in [0.29, 0.717) is 16.3 Å². The first kappa shape index (κ1) is 23.6. The molecule has 0 aliphatic heterocycles. The van der Waals surface area contributed by atoms with Gasteiger partial charge in [-0.15, -0.1) is 11.3 Å². The maximum absolute atomic E-state index is 13.7. The first-order valence-electron chi connectivity index (χ1n) is 10.9. The lowest BCUT2D eigenvalue weighted by Crippen LogP contribution is -2.10. The molecule has 35 heavy (non-hydrogen) atoms. The molecule has 5 rings (SSSR count). The summed E-state index contributed by atoms with van der Waals surface area (Å²) in [6.45, 7) is 3.57. The zero-order valence-electron chi connectivity index (χ0n) is 19.0. The Hall–Kier alpha value is -3.18. The summed E-state index contributed by atoms with van der Waals surface area (Å²) >= 11 is 7.25. The number of hydrogen-bond donors (Lipinski definition) is 1. The molecular weight excluding hydrogens is 501 g/mol. The second-order valence-corrected chi connectivity index (χ2v) is 13.0. The van der Waals surface area contributed by atoms with Crippen molar-refractivity contribution in [3.63, 3.8) is 0 Å². The number of furan rings is 1. The lowest BCUT2D eigenvalue weighted by atomic mass is 10.1. The van der Waals surface area contributed by atoms with Crippen molar-refractivity contribution in [1.29, 1.82) is 0 Å². The Morgan fingerprint density at radius 3 is 2.51 bits per heavy atom. The summed E-state index contributed by atoms with van der Waals surface area (Å²) in [5, 5.41) is 11.1. The lowest BCUT2D eigenvalue weighted by molar-refractivity contribution is 0.0701. The molecule has 0 saturated heterocycles. The van der Waals surface area contributed by atoms with Crippen molar-refractivity contribution in [1.82, 2.24) is 4.98 Å². The summed E-state index contributed by atoms with van der Waals surface area (Å²) in [4.78, 5) is 17.3. The van der Waals surface area contributed by atoms with Gasteiger partial charge >= 0.3 is 5.97 Å². The van der Waals surface area contributed by atoms with E-state index in [-0.39, 0.29) is 11.0 Å². The highest BCUT2D eigenvalue weighted by Crippen LogP contribution is 2.47. The largest absolute Gasteiger partial charge is 0.477 e. The van der Waals surface area contributed by atoms with E-state index in [1.807, 2.05) is 55.5 Å². The Kier molecular flexibility index (Phi) is 6.14. The third-order valence-corrected chi connectivity index (χ3v) is 9.80. The molecule has 0 fully saturated rings. The van der Waals surface area contributed by atoms with E-state index in [1.54, 1.807) is 31.1 Å². The van der Waals surface area contributed by atoms with Gasteiger partial charge in [-0.2, -0.15) is 0 Å². The molecule has 5 aromatic rings. The summed E-state index contributed by atoms with van der Waals surface area (Å²) in [6.07, 6.45) is 1.89. The highest BCUT2D eigenvalue weighted by Gasteiger charge is 2.26. The number of rotatable bonds is 6. The molecule has 8 heteroatoms. The van der Waals surface area contributed by atoms with Gasteiger partial charge in [0.05, 0.1) is 0 Å². The highest BCUT2D eigenvalue weighted by molar-refractivity contribution is 7.70. The number of carboxylic acids is 1. The highest BCUT2D eigenvalue weighted by atomic mass is 35.5. The summed E-state index contributed by atoms with van der Waals surface area (Å²) in [5.74, 6) is -0.302. The minimum Gasteiger partial charge on any atom is -0.477 e. The predicted molar refractivity (Wildman–Crippen MR) is 143 cm³/mol. The Morgan fingerprint density at radius 1 is 1.09 bits per heavy atom. The van der Waals surface area contributed by atoms with Crippen LogP contribution in [-0.2, 0) is 10.7 Å². The molecule has 176 valence electrons. The molecular formula is C27H21ClNO4PS. The quantitative estimate of drug-likeness (QED) is 0.231. The van der Waals surface area contributed by atoms with Gasteiger partial charge < -0.3 is 14.1 Å². The van der Waals surface area contributed by atoms with Gasteiger partial charge in [0, 0.05) is 39.2 Å². The fourth-order valence-corrected chi connectivity index (χ4v) is 7.87. The molecule has 0 aliphatic carbocycles. The van der Waals surface area contributed by atoms with Gasteiger partial charge in [-0.25, -0.2) is 4.79 Å². The molecule has 0 bridgehead atoms. The SMILES string of the molecule is Cc1cc(Cl)ccc1P(C)(=O)Cc1cc(-c2ccc(-c3cc4ncccc4o3)cc2)sc1C(=O)O. The van der Waals surface area contributed by atoms with Crippen molar-refractivity contribution in [3.8, 4) is 21.8 Å². The fraction of sp³-hybridized carbons (Fsp3) is 0.111. The molecule has 0 radical (unpaired) electrons. The van der Waals surface area contributed by atoms with Crippen LogP contribution in [0.15, 0.2) is 77.3 Å². The second-order valence-electron chi connectivity index (χ2n) is 8.53. The Balaban J connectivity index is 1.46. The lowest BCUT2D eigenvalue weighted by Gasteiger charge is -2.16. The second kappa shape index (κ2) is 9.12. The number of hydrogen-bond acceptors (Lipinski definition) is 5. The van der Waals surface area contributed by atoms with Crippen molar-refractivity contribution >= 4 is 52.5 Å². The van der Waals surface area contributed by atoms with E-state index in [0.717, 1.165) is 38.0 Å². The van der Waals surface area contributed by atoms with Gasteiger partial charge in [0.2, 0.25) is 0 Å². The maximum Gasteiger partial charge on any atom is 0.346 e. The van der Waals surface area contributed by atoms with E-state index < -0.39 is 13.1 Å². The van der Waals surface area contributed by atoms with Crippen molar-refractivity contribution in [2.45, 2.75) is 13.1 Å². The normalized spacial score (nSPS) is 13.1. The molecule has 2 aromatic carbocycles. The minimum absolute atomic E-state index is 0.164. The minimum atomic E-state index is -2.87. The summed E-state index contributed by atoms with van der Waals surface area (Å²) in [7, 11) is -2.87. The van der Waals surface area contributed by atoms with Gasteiger partial charge in [-0.05, 0) is 66.7 Å². The molecule has 0 aliphatic rings. The van der Waals surface area contributed by atoms with Crippen LogP contribution in [0, 0.1) is 6.92 Å². The van der Waals surface area contributed by atoms with Crippen molar-refractivity contribution in [2.75, 3.05) is 6.66 Å². The maximum atomic E-state index is 13.7. The van der Waals surface area contributed by atoms with E-state index in [4.69, 9.17) is 16.0 Å². The Morgan fingerprint density at radius 2 is 1.83 bits per heavy atom. The molecule has 0 amide bonds. The molecule has 1 atom stereocenters. The van der Waals surface area contributed by atoms with Crippen LogP contribution in [0.5, 0.6) is 0 Å². The topological polar surface area (TPSA) is 80.4 Å². The number of aromatic nitrogens is 1. The average Bonchev–Trinajstić information content (AvgIpc) is 3.43. The van der Waals surface area contributed by atoms with Gasteiger partial charge in [0.1, 0.15) is 23.3 Å². The van der Waals surface area contributed by atoms with Crippen molar-refractivity contribution < 1.29 is 18.9 Å². The van der Waals surface area contributed by atoms with Crippen LogP contribution >= 0.6 is 30.1 Å². The molecule has 0 saturated carbocycles. The Labute approximate surface area is 211 Å². The molecule has 1 unspecified atom stereocenters. The molecule has 3 aromatic heterocycles. The first-order valence-corrected chi connectivity index (χ1v) is 14.4. The first-order chi connectivity index (χ1) is 16.7. The van der Waals surface area contributed by atoms with Crippen LogP contribution in [0.1, 0.15) is 20.8 Å². The number of fused-ring (bicyclic) bond motifs is 1. The number of nitrogens with zero attached hydrogens (tertiary/aromatic N) is 1. The smallest absolute Gasteiger partial charge is 0.346 e. The van der Waals surface area contributed by atoms with E-state index in [9.17, 15) is 14.5 Å². The standard InChI is InChI=1S/C27H21ClNO4PS/c1-16-12-20(28)9-10-24(16)34(2,32)15-19-13-25(35-26(19)27(30)31)18-7-5-17(6-8-18)23-14-21-22(33-23)4-3-11-29-21/h3-14H,15H2,1-2H3,(H,30,31). The van der Waals surface area contributed by atoms with Crippen LogP contribution < -0.4 is 5.30 Å². The number of benzene rings is 2. The van der Waals surface area contributed by atoms with Crippen LogP contribution in [0.25, 0.3) is 32.9 Å². The van der Waals surface area contributed by atoms with Crippen LogP contribution in [0.2, 0.25) is 5.02 Å². The zero-order valence-corrected chi connectivity index (χ0v) is 21.5. The monoisotopic (exact) mass is 521 g/mol. The number of aromatic carboxylic acids is 1. The Bertz CT molecular complexity index is 1590. The third kappa shape index (κ3) is 4.70. The van der Waals surface area contributed by atoms with Crippen LogP contribution in [0.4, 0.5) is 0 Å². The van der Waals surface area contributed by atoms with Crippen LogP contribution in [-0.4, -0.2) is 22.7 Å². The molecule has 5 nitrogen and oxygen atoms in total. The number of carbonyl (C=O) groups is 1. The summed E-state index contributed by atoms with van der Waals surface area (Å²) in [5.41, 5.74) is 4.71. The van der Waals surface area contributed by atoms with E-state index >= 15 is 0 Å². The van der Waals surface area contributed by atoms with Gasteiger partial charge in [0.15, 0.2) is 5.58 Å². The number of carboxylic acid groups (broad SMARTS) is 1. The number of thiophene rings is 1. The number of aryl methyl sites for hydroxylation is 1. The summed E-state index contributed by atoms with van der Waals surface area (Å²) < 4.78 is 19.6. The average molecular weight is 522 g/mol. The van der Waals surface area contributed by atoms with Gasteiger partial charge in [0.25, 0.3) is 0 Å². The van der Waals surface area contributed by atoms with E-state index in [1.165, 1.54) is 11.3 Å². The summed E-state index contributed by atoms with van der Waals surface area (Å²) in [6, 6.07) is 20.5. The number of pyridine rings is 1. The fourth-order valence-electron chi connectivity index (χ4n) is 4.24. The van der Waals surface area contributed by atoms with Gasteiger partial charge in [-0.3, -0.25) is 4.98 Å². The zero-order chi connectivity index (χ0) is 24.7. The predicted octanol–water partition coefficient (Wildman–Crippen LogP) is 7.70.